The Labute approximate surface area is 86.3 Å². The van der Waals surface area contributed by atoms with Gasteiger partial charge in [-0.3, -0.25) is 4.90 Å². The topological polar surface area (TPSA) is 49.5 Å². The minimum Gasteiger partial charge on any atom is -0.392 e. The summed E-state index contributed by atoms with van der Waals surface area (Å²) in [5.74, 6) is 0.473. The normalized spacial score (nSPS) is 45.6. The van der Waals surface area contributed by atoms with Gasteiger partial charge in [-0.2, -0.15) is 0 Å². The summed E-state index contributed by atoms with van der Waals surface area (Å²) in [5, 5.41) is 9.80. The van der Waals surface area contributed by atoms with Gasteiger partial charge in [-0.05, 0) is 38.1 Å². The van der Waals surface area contributed by atoms with E-state index in [-0.39, 0.29) is 6.10 Å². The third-order valence-electron chi connectivity index (χ3n) is 3.91. The summed E-state index contributed by atoms with van der Waals surface area (Å²) in [6.45, 7) is 4.15. The molecular weight excluding hydrogens is 176 g/mol. The summed E-state index contributed by atoms with van der Waals surface area (Å²) in [6.07, 6.45) is 4.52. The highest BCUT2D eigenvalue weighted by Gasteiger charge is 2.32. The lowest BCUT2D eigenvalue weighted by Crippen LogP contribution is -2.47. The third-order valence-corrected chi connectivity index (χ3v) is 3.91. The first-order valence-corrected chi connectivity index (χ1v) is 5.84. The van der Waals surface area contributed by atoms with Crippen LogP contribution in [0, 0.1) is 5.92 Å². The van der Waals surface area contributed by atoms with Crippen molar-refractivity contribution >= 4 is 0 Å². The molecule has 2 fully saturated rings. The molecule has 4 unspecified atom stereocenters. The van der Waals surface area contributed by atoms with Crippen LogP contribution in [-0.4, -0.2) is 41.3 Å². The Kier molecular flexibility index (Phi) is 3.10. The molecule has 2 rings (SSSR count). The number of likely N-dealkylation sites (tertiary alicyclic amines) is 1. The Hall–Kier alpha value is -0.120. The van der Waals surface area contributed by atoms with E-state index >= 15 is 0 Å². The monoisotopic (exact) mass is 198 g/mol. The van der Waals surface area contributed by atoms with E-state index in [1.54, 1.807) is 0 Å². The summed E-state index contributed by atoms with van der Waals surface area (Å²) in [4.78, 5) is 2.44. The fourth-order valence-electron chi connectivity index (χ4n) is 2.73. The Morgan fingerprint density at radius 1 is 1.29 bits per heavy atom. The van der Waals surface area contributed by atoms with Gasteiger partial charge in [0, 0.05) is 18.6 Å². The van der Waals surface area contributed by atoms with Crippen LogP contribution in [0.15, 0.2) is 0 Å². The first kappa shape index (κ1) is 10.4. The van der Waals surface area contributed by atoms with Crippen LogP contribution >= 0.6 is 0 Å². The average Bonchev–Trinajstić information content (AvgIpc) is 2.57. The first-order chi connectivity index (χ1) is 6.66. The lowest BCUT2D eigenvalue weighted by atomic mass is 9.94. The van der Waals surface area contributed by atoms with Gasteiger partial charge in [-0.15, -0.1) is 0 Å². The molecule has 1 aliphatic heterocycles. The van der Waals surface area contributed by atoms with Crippen LogP contribution in [0.25, 0.3) is 0 Å². The molecule has 1 heterocycles. The molecule has 0 aromatic heterocycles. The summed E-state index contributed by atoms with van der Waals surface area (Å²) in [7, 11) is 0. The van der Waals surface area contributed by atoms with E-state index in [0.29, 0.717) is 18.0 Å². The predicted molar refractivity (Wildman–Crippen MR) is 57.0 cm³/mol. The molecule has 0 bridgehead atoms. The Balaban J connectivity index is 1.87. The lowest BCUT2D eigenvalue weighted by Gasteiger charge is -2.38. The second-order valence-electron chi connectivity index (χ2n) is 5.06. The number of β-amino-alcohol motifs (C(OH)–C–C–N with tert-alkyl or cyclic N) is 1. The number of nitrogens with zero attached hydrogens (tertiary/aromatic N) is 1. The van der Waals surface area contributed by atoms with Crippen molar-refractivity contribution in [2.75, 3.05) is 13.1 Å². The van der Waals surface area contributed by atoms with Crippen molar-refractivity contribution in [3.63, 3.8) is 0 Å². The Morgan fingerprint density at radius 3 is 2.64 bits per heavy atom. The maximum absolute atomic E-state index is 9.80. The third kappa shape index (κ3) is 2.10. The van der Waals surface area contributed by atoms with Gasteiger partial charge in [0.25, 0.3) is 0 Å². The maximum Gasteiger partial charge on any atom is 0.0693 e. The number of hydrogen-bond donors (Lipinski definition) is 2. The molecule has 1 saturated heterocycles. The minimum absolute atomic E-state index is 0.124. The highest BCUT2D eigenvalue weighted by Crippen LogP contribution is 2.27. The number of hydrogen-bond acceptors (Lipinski definition) is 3. The largest absolute Gasteiger partial charge is 0.392 e. The SMILES string of the molecule is CC1CCN(C2CCC(N)C2)CC1O. The zero-order valence-corrected chi connectivity index (χ0v) is 9.02. The summed E-state index contributed by atoms with van der Waals surface area (Å²) >= 11 is 0. The van der Waals surface area contributed by atoms with Gasteiger partial charge in [0.2, 0.25) is 0 Å². The van der Waals surface area contributed by atoms with E-state index < -0.39 is 0 Å². The molecule has 2 aliphatic rings. The van der Waals surface area contributed by atoms with Crippen LogP contribution in [0.3, 0.4) is 0 Å². The van der Waals surface area contributed by atoms with Crippen molar-refractivity contribution < 1.29 is 5.11 Å². The fraction of sp³-hybridized carbons (Fsp3) is 1.00. The van der Waals surface area contributed by atoms with E-state index in [1.165, 1.54) is 6.42 Å². The second-order valence-corrected chi connectivity index (χ2v) is 5.06. The lowest BCUT2D eigenvalue weighted by molar-refractivity contribution is 0.0110. The second kappa shape index (κ2) is 4.17. The van der Waals surface area contributed by atoms with Crippen molar-refractivity contribution in [1.82, 2.24) is 4.90 Å². The highest BCUT2D eigenvalue weighted by molar-refractivity contribution is 4.88. The van der Waals surface area contributed by atoms with E-state index in [2.05, 4.69) is 11.8 Å². The maximum atomic E-state index is 9.80. The molecule has 4 atom stereocenters. The molecule has 3 nitrogen and oxygen atoms in total. The smallest absolute Gasteiger partial charge is 0.0693 e. The molecule has 1 saturated carbocycles. The quantitative estimate of drug-likeness (QED) is 0.647. The molecule has 14 heavy (non-hydrogen) atoms. The van der Waals surface area contributed by atoms with Gasteiger partial charge in [-0.1, -0.05) is 6.92 Å². The highest BCUT2D eigenvalue weighted by atomic mass is 16.3. The molecule has 1 aliphatic carbocycles. The van der Waals surface area contributed by atoms with Crippen molar-refractivity contribution in [3.05, 3.63) is 0 Å². The number of piperidine rings is 1. The zero-order chi connectivity index (χ0) is 10.1. The molecule has 3 heteroatoms. The summed E-state index contributed by atoms with van der Waals surface area (Å²) in [5.41, 5.74) is 5.90. The first-order valence-electron chi connectivity index (χ1n) is 5.84. The minimum atomic E-state index is -0.124. The average molecular weight is 198 g/mol. The van der Waals surface area contributed by atoms with E-state index in [1.807, 2.05) is 0 Å². The number of rotatable bonds is 1. The Morgan fingerprint density at radius 2 is 2.07 bits per heavy atom. The van der Waals surface area contributed by atoms with Gasteiger partial charge in [0.05, 0.1) is 6.10 Å². The van der Waals surface area contributed by atoms with E-state index in [0.717, 1.165) is 32.4 Å². The Bertz CT molecular complexity index is 198. The van der Waals surface area contributed by atoms with Gasteiger partial charge >= 0.3 is 0 Å². The van der Waals surface area contributed by atoms with Gasteiger partial charge < -0.3 is 10.8 Å². The predicted octanol–water partition coefficient (Wildman–Crippen LogP) is 0.569. The number of nitrogens with two attached hydrogens (primary N) is 1. The van der Waals surface area contributed by atoms with Crippen LogP contribution in [-0.2, 0) is 0 Å². The van der Waals surface area contributed by atoms with Crippen LogP contribution in [0.5, 0.6) is 0 Å². The van der Waals surface area contributed by atoms with Crippen LogP contribution in [0.1, 0.15) is 32.6 Å². The zero-order valence-electron chi connectivity index (χ0n) is 9.02. The standard InChI is InChI=1S/C11H22N2O/c1-8-4-5-13(7-11(8)14)10-3-2-9(12)6-10/h8-11,14H,2-7,12H2,1H3. The number of aliphatic hydroxyl groups is 1. The summed E-state index contributed by atoms with van der Waals surface area (Å²) < 4.78 is 0. The molecule has 82 valence electrons. The van der Waals surface area contributed by atoms with E-state index in [4.69, 9.17) is 5.73 Å². The van der Waals surface area contributed by atoms with Crippen molar-refractivity contribution in [1.29, 1.82) is 0 Å². The molecule has 0 radical (unpaired) electrons. The van der Waals surface area contributed by atoms with Crippen molar-refractivity contribution in [2.24, 2.45) is 11.7 Å². The summed E-state index contributed by atoms with van der Waals surface area (Å²) in [6, 6.07) is 1.05. The van der Waals surface area contributed by atoms with Crippen LogP contribution < -0.4 is 5.73 Å². The fourth-order valence-corrected chi connectivity index (χ4v) is 2.73. The van der Waals surface area contributed by atoms with Gasteiger partial charge in [0.15, 0.2) is 0 Å². The number of aliphatic hydroxyl groups excluding tert-OH is 1. The van der Waals surface area contributed by atoms with Crippen molar-refractivity contribution in [3.8, 4) is 0 Å². The molecule has 3 N–H and O–H groups in total. The van der Waals surface area contributed by atoms with Crippen LogP contribution in [0.4, 0.5) is 0 Å². The van der Waals surface area contributed by atoms with Crippen LogP contribution in [0.2, 0.25) is 0 Å². The molecule has 0 aromatic rings. The van der Waals surface area contributed by atoms with Gasteiger partial charge in [0.1, 0.15) is 0 Å². The molecular formula is C11H22N2O. The van der Waals surface area contributed by atoms with E-state index in [9.17, 15) is 5.11 Å². The van der Waals surface area contributed by atoms with Gasteiger partial charge in [-0.25, -0.2) is 0 Å². The molecule has 0 aromatic carbocycles. The molecule has 0 amide bonds. The van der Waals surface area contributed by atoms with Crippen molar-refractivity contribution in [2.45, 2.75) is 50.8 Å². The molecule has 0 spiro atoms.